The number of hydrogen-bond acceptors (Lipinski definition) is 2. The van der Waals surface area contributed by atoms with Crippen LogP contribution < -0.4 is 5.32 Å². The molecule has 0 fully saturated rings. The summed E-state index contributed by atoms with van der Waals surface area (Å²) in [5.74, 6) is 0. The lowest BCUT2D eigenvalue weighted by Crippen LogP contribution is -2.04. The average molecular weight is 271 g/mol. The van der Waals surface area contributed by atoms with Crippen molar-refractivity contribution in [1.29, 1.82) is 0 Å². The van der Waals surface area contributed by atoms with Gasteiger partial charge in [-0.15, -0.1) is 0 Å². The predicted molar refractivity (Wildman–Crippen MR) is 86.0 cm³/mol. The van der Waals surface area contributed by atoms with Crippen LogP contribution in [0.2, 0.25) is 0 Å². The van der Waals surface area contributed by atoms with Gasteiger partial charge in [-0.05, 0) is 42.1 Å². The van der Waals surface area contributed by atoms with Crippen LogP contribution in [0.5, 0.6) is 0 Å². The number of aryl methyl sites for hydroxylation is 1. The lowest BCUT2D eigenvalue weighted by molar-refractivity contribution is 0.399. The van der Waals surface area contributed by atoms with Gasteiger partial charge in [0.25, 0.3) is 0 Å². The molecule has 0 unspecified atom stereocenters. The van der Waals surface area contributed by atoms with Gasteiger partial charge in [-0.3, -0.25) is 0 Å². The Morgan fingerprint density at radius 2 is 1.15 bits per heavy atom. The van der Waals surface area contributed by atoms with Gasteiger partial charge in [0.1, 0.15) is 0 Å². The van der Waals surface area contributed by atoms with Crippen molar-refractivity contribution in [3.63, 3.8) is 0 Å². The molecule has 0 saturated carbocycles. The summed E-state index contributed by atoms with van der Waals surface area (Å²) in [6.07, 6.45) is 2.13. The van der Waals surface area contributed by atoms with Gasteiger partial charge in [0.05, 0.1) is 0 Å². The van der Waals surface area contributed by atoms with Crippen molar-refractivity contribution in [1.82, 2.24) is 5.32 Å². The van der Waals surface area contributed by atoms with Crippen LogP contribution in [-0.4, -0.2) is 19.3 Å². The zero-order valence-corrected chi connectivity index (χ0v) is 12.7. The van der Waals surface area contributed by atoms with Crippen LogP contribution in [0.4, 0.5) is 0 Å². The predicted octanol–water partition coefficient (Wildman–Crippen LogP) is 3.17. The van der Waals surface area contributed by atoms with Crippen molar-refractivity contribution < 1.29 is 5.11 Å². The van der Waals surface area contributed by atoms with Crippen molar-refractivity contribution >= 4 is 0 Å². The van der Waals surface area contributed by atoms with E-state index in [1.165, 1.54) is 22.3 Å². The Balaban J connectivity index is 0.000000956. The third-order valence-electron chi connectivity index (χ3n) is 3.24. The van der Waals surface area contributed by atoms with E-state index in [4.69, 9.17) is 5.11 Å². The molecule has 0 bridgehead atoms. The van der Waals surface area contributed by atoms with Gasteiger partial charge in [0, 0.05) is 13.7 Å². The van der Waals surface area contributed by atoms with E-state index in [1.54, 1.807) is 0 Å². The van der Waals surface area contributed by atoms with Crippen molar-refractivity contribution in [2.24, 2.45) is 0 Å². The summed E-state index contributed by atoms with van der Waals surface area (Å²) in [4.78, 5) is 0. The molecule has 0 aliphatic heterocycles. The molecule has 0 aliphatic carbocycles. The fourth-order valence-electron chi connectivity index (χ4n) is 2.11. The molecule has 2 nitrogen and oxygen atoms in total. The molecule has 2 aromatic rings. The lowest BCUT2D eigenvalue weighted by Gasteiger charge is -2.05. The number of aliphatic hydroxyl groups excluding tert-OH is 1. The topological polar surface area (TPSA) is 32.3 Å². The first-order chi connectivity index (χ1) is 9.81. The zero-order chi connectivity index (χ0) is 14.8. The molecule has 0 atom stereocenters. The largest absolute Gasteiger partial charge is 0.400 e. The fraction of sp³-hybridized carbons (Fsp3) is 0.333. The molecule has 20 heavy (non-hydrogen) atoms. The molecular formula is C18H25NO. The summed E-state index contributed by atoms with van der Waals surface area (Å²) in [5.41, 5.74) is 5.50. The maximum Gasteiger partial charge on any atom is 0.0319 e. The van der Waals surface area contributed by atoms with Gasteiger partial charge in [0.2, 0.25) is 0 Å². The Hall–Kier alpha value is -1.64. The molecule has 108 valence electrons. The second-order valence-corrected chi connectivity index (χ2v) is 4.69. The SMILES string of the molecule is CCc1ccc(Cc2ccc(CNC)cc2)cc1.CO. The van der Waals surface area contributed by atoms with Crippen LogP contribution in [0.15, 0.2) is 48.5 Å². The summed E-state index contributed by atoms with van der Waals surface area (Å²) in [6.45, 7) is 3.13. The zero-order valence-electron chi connectivity index (χ0n) is 12.7. The number of aliphatic hydroxyl groups is 1. The highest BCUT2D eigenvalue weighted by Gasteiger charge is 1.97. The smallest absolute Gasteiger partial charge is 0.0319 e. The van der Waals surface area contributed by atoms with E-state index in [0.29, 0.717) is 0 Å². The van der Waals surface area contributed by atoms with Crippen LogP contribution in [0.3, 0.4) is 0 Å². The van der Waals surface area contributed by atoms with E-state index in [9.17, 15) is 0 Å². The average Bonchev–Trinajstić information content (AvgIpc) is 2.52. The number of hydrogen-bond donors (Lipinski definition) is 2. The molecule has 2 N–H and O–H groups in total. The highest BCUT2D eigenvalue weighted by atomic mass is 16.2. The fourth-order valence-corrected chi connectivity index (χ4v) is 2.11. The first-order valence-corrected chi connectivity index (χ1v) is 7.06. The van der Waals surface area contributed by atoms with Crippen LogP contribution in [0.1, 0.15) is 29.2 Å². The highest BCUT2D eigenvalue weighted by Crippen LogP contribution is 2.12. The Kier molecular flexibility index (Phi) is 7.63. The molecule has 0 radical (unpaired) electrons. The maximum atomic E-state index is 7.00. The van der Waals surface area contributed by atoms with Crippen molar-refractivity contribution in [2.75, 3.05) is 14.2 Å². The second kappa shape index (κ2) is 9.29. The molecule has 0 heterocycles. The Morgan fingerprint density at radius 1 is 0.750 bits per heavy atom. The number of rotatable bonds is 5. The Bertz CT molecular complexity index is 474. The summed E-state index contributed by atoms with van der Waals surface area (Å²) >= 11 is 0. The molecule has 2 rings (SSSR count). The number of benzene rings is 2. The molecule has 0 spiro atoms. The molecular weight excluding hydrogens is 246 g/mol. The lowest BCUT2D eigenvalue weighted by atomic mass is 10.0. The van der Waals surface area contributed by atoms with Gasteiger partial charge in [0.15, 0.2) is 0 Å². The van der Waals surface area contributed by atoms with Crippen LogP contribution in [-0.2, 0) is 19.4 Å². The number of nitrogens with one attached hydrogen (secondary N) is 1. The van der Waals surface area contributed by atoms with E-state index in [-0.39, 0.29) is 0 Å². The normalized spacial score (nSPS) is 9.80. The summed E-state index contributed by atoms with van der Waals surface area (Å²) in [6, 6.07) is 17.8. The minimum absolute atomic E-state index is 0.936. The van der Waals surface area contributed by atoms with E-state index in [1.807, 2.05) is 7.05 Å². The highest BCUT2D eigenvalue weighted by molar-refractivity contribution is 5.30. The Morgan fingerprint density at radius 3 is 1.55 bits per heavy atom. The van der Waals surface area contributed by atoms with Gasteiger partial charge >= 0.3 is 0 Å². The summed E-state index contributed by atoms with van der Waals surface area (Å²) in [5, 5.41) is 10.2. The van der Waals surface area contributed by atoms with Crippen molar-refractivity contribution in [2.45, 2.75) is 26.3 Å². The maximum absolute atomic E-state index is 7.00. The first-order valence-electron chi connectivity index (χ1n) is 7.06. The summed E-state index contributed by atoms with van der Waals surface area (Å²) in [7, 11) is 2.98. The minimum atomic E-state index is 0.936. The van der Waals surface area contributed by atoms with Gasteiger partial charge in [-0.2, -0.15) is 0 Å². The first kappa shape index (κ1) is 16.4. The summed E-state index contributed by atoms with van der Waals surface area (Å²) < 4.78 is 0. The Labute approximate surface area is 122 Å². The second-order valence-electron chi connectivity index (χ2n) is 4.69. The van der Waals surface area contributed by atoms with E-state index in [0.717, 1.165) is 26.5 Å². The van der Waals surface area contributed by atoms with Crippen molar-refractivity contribution in [3.8, 4) is 0 Å². The minimum Gasteiger partial charge on any atom is -0.400 e. The molecule has 0 amide bonds. The third kappa shape index (κ3) is 5.16. The van der Waals surface area contributed by atoms with E-state index in [2.05, 4.69) is 60.8 Å². The van der Waals surface area contributed by atoms with Gasteiger partial charge in [-0.25, -0.2) is 0 Å². The van der Waals surface area contributed by atoms with Crippen molar-refractivity contribution in [3.05, 3.63) is 70.8 Å². The van der Waals surface area contributed by atoms with Crippen LogP contribution >= 0.6 is 0 Å². The van der Waals surface area contributed by atoms with Gasteiger partial charge in [-0.1, -0.05) is 55.5 Å². The standard InChI is InChI=1S/C17H21N.CH4O/c1-3-14-4-6-15(7-5-14)12-16-8-10-17(11-9-16)13-18-2;1-2/h4-11,18H,3,12-13H2,1-2H3;2H,1H3. The van der Waals surface area contributed by atoms with E-state index >= 15 is 0 Å². The quantitative estimate of drug-likeness (QED) is 0.875. The van der Waals surface area contributed by atoms with Crippen LogP contribution in [0.25, 0.3) is 0 Å². The molecule has 0 saturated heterocycles. The molecule has 0 aliphatic rings. The van der Waals surface area contributed by atoms with Crippen LogP contribution in [0, 0.1) is 0 Å². The third-order valence-corrected chi connectivity index (χ3v) is 3.24. The van der Waals surface area contributed by atoms with E-state index < -0.39 is 0 Å². The molecule has 0 aromatic heterocycles. The molecule has 2 heteroatoms. The monoisotopic (exact) mass is 271 g/mol. The molecule has 2 aromatic carbocycles. The van der Waals surface area contributed by atoms with Gasteiger partial charge < -0.3 is 10.4 Å².